The zero-order valence-corrected chi connectivity index (χ0v) is 13.5. The van der Waals surface area contributed by atoms with Crippen molar-refractivity contribution in [2.75, 3.05) is 20.6 Å². The molecule has 0 spiro atoms. The second-order valence-corrected chi connectivity index (χ2v) is 5.89. The summed E-state index contributed by atoms with van der Waals surface area (Å²) in [6.45, 7) is 8.29. The zero-order valence-electron chi connectivity index (χ0n) is 12.7. The molecule has 1 aromatic rings. The summed E-state index contributed by atoms with van der Waals surface area (Å²) in [6, 6.07) is 0. The summed E-state index contributed by atoms with van der Waals surface area (Å²) in [7, 11) is 3.88. The Labute approximate surface area is 121 Å². The topological polar surface area (TPSA) is 40.5 Å². The predicted octanol–water partition coefficient (Wildman–Crippen LogP) is 2.89. The molecule has 0 saturated heterocycles. The largest absolute Gasteiger partial charge is 0.356 e. The molecule has 1 rings (SSSR count). The van der Waals surface area contributed by atoms with Crippen molar-refractivity contribution in [2.45, 2.75) is 40.2 Å². The molecule has 19 heavy (non-hydrogen) atoms. The molecule has 0 aliphatic heterocycles. The molecule has 0 unspecified atom stereocenters. The highest BCUT2D eigenvalue weighted by atomic mass is 32.1. The number of rotatable bonds is 6. The molecular weight excluding hydrogens is 256 g/mol. The fourth-order valence-corrected chi connectivity index (χ4v) is 2.60. The van der Waals surface area contributed by atoms with Crippen LogP contribution < -0.4 is 5.32 Å². The lowest BCUT2D eigenvalue weighted by molar-refractivity contribution is 0.438. The summed E-state index contributed by atoms with van der Waals surface area (Å²) in [5, 5.41) is 6.68. The van der Waals surface area contributed by atoms with Gasteiger partial charge in [0.1, 0.15) is 0 Å². The van der Waals surface area contributed by atoms with E-state index in [-0.39, 0.29) is 0 Å². The van der Waals surface area contributed by atoms with E-state index in [0.717, 1.165) is 29.8 Å². The van der Waals surface area contributed by atoms with Crippen LogP contribution in [0.15, 0.2) is 10.4 Å². The average molecular weight is 282 g/mol. The number of hydrogen-bond acceptors (Lipinski definition) is 3. The summed E-state index contributed by atoms with van der Waals surface area (Å²) < 4.78 is 0. The Kier molecular flexibility index (Phi) is 6.84. The third-order valence-electron chi connectivity index (χ3n) is 3.34. The van der Waals surface area contributed by atoms with E-state index in [9.17, 15) is 0 Å². The van der Waals surface area contributed by atoms with Crippen LogP contribution in [0.5, 0.6) is 0 Å². The Morgan fingerprint density at radius 2 is 2.16 bits per heavy atom. The summed E-state index contributed by atoms with van der Waals surface area (Å²) in [5.41, 5.74) is 1.11. The normalized spacial score (nSPS) is 12.0. The minimum Gasteiger partial charge on any atom is -0.356 e. The summed E-state index contributed by atoms with van der Waals surface area (Å²) in [4.78, 5) is 10.9. The van der Waals surface area contributed by atoms with Crippen LogP contribution in [0, 0.1) is 12.8 Å². The smallest absolute Gasteiger partial charge is 0.193 e. The van der Waals surface area contributed by atoms with E-state index in [1.165, 1.54) is 12.8 Å². The van der Waals surface area contributed by atoms with Crippen molar-refractivity contribution in [2.24, 2.45) is 10.9 Å². The third kappa shape index (κ3) is 5.19. The minimum absolute atomic E-state index is 0.715. The van der Waals surface area contributed by atoms with Gasteiger partial charge >= 0.3 is 0 Å². The zero-order chi connectivity index (χ0) is 14.3. The van der Waals surface area contributed by atoms with Gasteiger partial charge in [0.05, 0.1) is 17.2 Å². The first-order valence-electron chi connectivity index (χ1n) is 6.93. The van der Waals surface area contributed by atoms with Gasteiger partial charge in [0.15, 0.2) is 5.96 Å². The van der Waals surface area contributed by atoms with Crippen molar-refractivity contribution < 1.29 is 0 Å². The lowest BCUT2D eigenvalue weighted by Gasteiger charge is -2.23. The number of hydrogen-bond donors (Lipinski definition) is 1. The number of aryl methyl sites for hydroxylation is 1. The second-order valence-electron chi connectivity index (χ2n) is 4.82. The molecule has 0 aromatic carbocycles. The molecule has 108 valence electrons. The van der Waals surface area contributed by atoms with Crippen molar-refractivity contribution >= 4 is 17.3 Å². The van der Waals surface area contributed by atoms with Gasteiger partial charge in [0.2, 0.25) is 0 Å². The first-order chi connectivity index (χ1) is 9.10. The van der Waals surface area contributed by atoms with Crippen LogP contribution in [0.2, 0.25) is 0 Å². The molecule has 0 saturated carbocycles. The molecule has 0 aliphatic rings. The lowest BCUT2D eigenvalue weighted by Crippen LogP contribution is -2.40. The van der Waals surface area contributed by atoms with Gasteiger partial charge in [-0.25, -0.2) is 4.98 Å². The van der Waals surface area contributed by atoms with Gasteiger partial charge in [-0.05, 0) is 12.8 Å². The highest BCUT2D eigenvalue weighted by Crippen LogP contribution is 2.10. The van der Waals surface area contributed by atoms with E-state index in [0.29, 0.717) is 5.92 Å². The van der Waals surface area contributed by atoms with Crippen molar-refractivity contribution in [3.63, 3.8) is 0 Å². The Morgan fingerprint density at radius 3 is 2.63 bits per heavy atom. The van der Waals surface area contributed by atoms with E-state index >= 15 is 0 Å². The van der Waals surface area contributed by atoms with Crippen molar-refractivity contribution in [1.29, 1.82) is 0 Å². The molecule has 1 N–H and O–H groups in total. The van der Waals surface area contributed by atoms with E-state index < -0.39 is 0 Å². The summed E-state index contributed by atoms with van der Waals surface area (Å²) in [6.07, 6.45) is 2.41. The number of thiazole rings is 1. The molecular formula is C14H26N4S. The van der Waals surface area contributed by atoms with Crippen LogP contribution in [-0.2, 0) is 6.54 Å². The number of nitrogens with one attached hydrogen (secondary N) is 1. The molecule has 0 radical (unpaired) electrons. The maximum absolute atomic E-state index is 4.49. The molecule has 0 fully saturated rings. The van der Waals surface area contributed by atoms with Crippen molar-refractivity contribution in [3.8, 4) is 0 Å². The van der Waals surface area contributed by atoms with Gasteiger partial charge in [-0.15, -0.1) is 11.3 Å². The van der Waals surface area contributed by atoms with Crippen LogP contribution >= 0.6 is 11.3 Å². The first kappa shape index (κ1) is 16.0. The Morgan fingerprint density at radius 1 is 1.47 bits per heavy atom. The Bertz CT molecular complexity index is 396. The number of aliphatic imine (C=N–C) groups is 1. The van der Waals surface area contributed by atoms with Crippen LogP contribution in [0.3, 0.4) is 0 Å². The highest BCUT2D eigenvalue weighted by molar-refractivity contribution is 7.09. The van der Waals surface area contributed by atoms with Crippen LogP contribution in [-0.4, -0.2) is 36.5 Å². The monoisotopic (exact) mass is 282 g/mol. The average Bonchev–Trinajstić information content (AvgIpc) is 2.80. The van der Waals surface area contributed by atoms with E-state index in [4.69, 9.17) is 0 Å². The predicted molar refractivity (Wildman–Crippen MR) is 83.8 cm³/mol. The maximum Gasteiger partial charge on any atom is 0.193 e. The second kappa shape index (κ2) is 8.15. The van der Waals surface area contributed by atoms with Gasteiger partial charge in [0.25, 0.3) is 0 Å². The van der Waals surface area contributed by atoms with Crippen LogP contribution in [0.4, 0.5) is 0 Å². The SMILES string of the molecule is CCC(CC)CNC(=NC)N(C)Cc1csc(C)n1. The highest BCUT2D eigenvalue weighted by Gasteiger charge is 2.10. The first-order valence-corrected chi connectivity index (χ1v) is 7.81. The number of guanidine groups is 1. The summed E-state index contributed by atoms with van der Waals surface area (Å²) in [5.74, 6) is 1.66. The van der Waals surface area contributed by atoms with Crippen molar-refractivity contribution in [1.82, 2.24) is 15.2 Å². The third-order valence-corrected chi connectivity index (χ3v) is 4.16. The molecule has 0 aliphatic carbocycles. The van der Waals surface area contributed by atoms with Gasteiger partial charge in [0, 0.05) is 26.0 Å². The quantitative estimate of drug-likeness (QED) is 0.644. The summed E-state index contributed by atoms with van der Waals surface area (Å²) >= 11 is 1.69. The Hall–Kier alpha value is -1.10. The number of aromatic nitrogens is 1. The minimum atomic E-state index is 0.715. The van der Waals surface area contributed by atoms with Gasteiger partial charge in [-0.1, -0.05) is 26.7 Å². The fourth-order valence-electron chi connectivity index (χ4n) is 2.00. The number of nitrogens with zero attached hydrogens (tertiary/aromatic N) is 3. The van der Waals surface area contributed by atoms with Crippen molar-refractivity contribution in [3.05, 3.63) is 16.1 Å². The molecule has 1 heterocycles. The molecule has 0 amide bonds. The van der Waals surface area contributed by atoms with Crippen LogP contribution in [0.25, 0.3) is 0 Å². The lowest BCUT2D eigenvalue weighted by atomic mass is 10.0. The maximum atomic E-state index is 4.49. The Balaban J connectivity index is 2.50. The van der Waals surface area contributed by atoms with Gasteiger partial charge in [-0.3, -0.25) is 4.99 Å². The van der Waals surface area contributed by atoms with E-state index in [1.54, 1.807) is 11.3 Å². The molecule has 0 bridgehead atoms. The van der Waals surface area contributed by atoms with Gasteiger partial charge in [-0.2, -0.15) is 0 Å². The van der Waals surface area contributed by atoms with Gasteiger partial charge < -0.3 is 10.2 Å². The standard InChI is InChI=1S/C14H26N4S/c1-6-12(7-2)8-16-14(15-4)18(5)9-13-10-19-11(3)17-13/h10,12H,6-9H2,1-5H3,(H,15,16). The van der Waals surface area contributed by atoms with Crippen LogP contribution in [0.1, 0.15) is 37.4 Å². The molecule has 4 nitrogen and oxygen atoms in total. The fraction of sp³-hybridized carbons (Fsp3) is 0.714. The molecule has 0 atom stereocenters. The molecule has 5 heteroatoms. The molecule has 1 aromatic heterocycles. The van der Waals surface area contributed by atoms with E-state index in [2.05, 4.69) is 46.5 Å². The van der Waals surface area contributed by atoms with E-state index in [1.807, 2.05) is 14.0 Å².